The van der Waals surface area contributed by atoms with Crippen molar-refractivity contribution in [3.05, 3.63) is 33.9 Å². The van der Waals surface area contributed by atoms with Gasteiger partial charge < -0.3 is 16.0 Å². The Morgan fingerprint density at radius 1 is 1.36 bits per heavy atom. The van der Waals surface area contributed by atoms with E-state index in [1.807, 2.05) is 0 Å². The lowest BCUT2D eigenvalue weighted by Crippen LogP contribution is -2.45. The van der Waals surface area contributed by atoms with Crippen molar-refractivity contribution >= 4 is 58.3 Å². The number of nitrogens with two attached hydrogens (primary N) is 1. The van der Waals surface area contributed by atoms with E-state index in [4.69, 9.17) is 28.9 Å². The number of likely N-dealkylation sites (tertiary alicyclic amines) is 1. The number of aromatic nitrogens is 2. The van der Waals surface area contributed by atoms with Gasteiger partial charge in [-0.05, 0) is 18.6 Å². The molecule has 1 spiro atoms. The summed E-state index contributed by atoms with van der Waals surface area (Å²) in [6.07, 6.45) is 1.93. The molecule has 10 heteroatoms. The van der Waals surface area contributed by atoms with Crippen LogP contribution in [-0.2, 0) is 4.79 Å². The molecule has 2 aliphatic heterocycles. The van der Waals surface area contributed by atoms with E-state index in [0.717, 1.165) is 4.90 Å². The summed E-state index contributed by atoms with van der Waals surface area (Å²) in [5, 5.41) is 10.0. The zero-order chi connectivity index (χ0) is 17.8. The van der Waals surface area contributed by atoms with Crippen molar-refractivity contribution < 1.29 is 9.59 Å². The molecule has 1 atom stereocenters. The van der Waals surface area contributed by atoms with E-state index in [9.17, 15) is 9.59 Å². The van der Waals surface area contributed by atoms with Gasteiger partial charge in [-0.1, -0.05) is 23.2 Å². The first-order chi connectivity index (χ1) is 11.9. The summed E-state index contributed by atoms with van der Waals surface area (Å²) in [6.45, 7) is 0.743. The molecule has 2 aliphatic rings. The minimum Gasteiger partial charge on any atom is -0.383 e. The number of carbonyl (C=O) groups is 2. The molecule has 0 bridgehead atoms. The summed E-state index contributed by atoms with van der Waals surface area (Å²) in [6, 6.07) is 3.38. The van der Waals surface area contributed by atoms with Gasteiger partial charge in [-0.3, -0.25) is 14.7 Å². The maximum Gasteiger partial charge on any atom is 0.259 e. The van der Waals surface area contributed by atoms with Crippen molar-refractivity contribution in [1.82, 2.24) is 15.1 Å². The Bertz CT molecular complexity index is 902. The minimum atomic E-state index is -0.752. The Balaban J connectivity index is 1.61. The number of hydrogen-bond acceptors (Lipinski definition) is 5. The van der Waals surface area contributed by atoms with E-state index in [1.165, 1.54) is 18.0 Å². The first kappa shape index (κ1) is 16.6. The van der Waals surface area contributed by atoms with E-state index < -0.39 is 4.75 Å². The molecule has 4 rings (SSSR count). The van der Waals surface area contributed by atoms with Crippen LogP contribution in [0.25, 0.3) is 0 Å². The van der Waals surface area contributed by atoms with Gasteiger partial charge in [-0.2, -0.15) is 5.10 Å². The normalized spacial score (nSPS) is 22.2. The van der Waals surface area contributed by atoms with Crippen LogP contribution in [0.5, 0.6) is 0 Å². The number of amides is 2. The number of fused-ring (bicyclic) bond motifs is 1. The van der Waals surface area contributed by atoms with Crippen LogP contribution in [0.3, 0.4) is 0 Å². The Hall–Kier alpha value is -1.90. The summed E-state index contributed by atoms with van der Waals surface area (Å²) < 4.78 is -0.752. The number of hydrogen-bond donors (Lipinski definition) is 3. The molecule has 130 valence electrons. The SMILES string of the molecule is Nc1[nH]ncc1C(=O)N1CC[C@@]2(C1)Sc1cc(Cl)c(Cl)cc1NC2=O. The van der Waals surface area contributed by atoms with Gasteiger partial charge in [0.05, 0.1) is 21.9 Å². The van der Waals surface area contributed by atoms with Crippen LogP contribution in [0.15, 0.2) is 23.2 Å². The van der Waals surface area contributed by atoms with Crippen LogP contribution in [0.4, 0.5) is 11.5 Å². The average molecular weight is 398 g/mol. The predicted octanol–water partition coefficient (Wildman–Crippen LogP) is 2.63. The van der Waals surface area contributed by atoms with E-state index in [-0.39, 0.29) is 24.2 Å². The summed E-state index contributed by atoms with van der Waals surface area (Å²) in [4.78, 5) is 27.8. The highest BCUT2D eigenvalue weighted by Crippen LogP contribution is 2.49. The number of carbonyl (C=O) groups excluding carboxylic acids is 2. The molecule has 2 amide bonds. The number of rotatable bonds is 1. The largest absolute Gasteiger partial charge is 0.383 e. The van der Waals surface area contributed by atoms with Gasteiger partial charge in [-0.25, -0.2) is 0 Å². The lowest BCUT2D eigenvalue weighted by molar-refractivity contribution is -0.118. The van der Waals surface area contributed by atoms with Crippen LogP contribution in [-0.4, -0.2) is 44.7 Å². The molecule has 0 radical (unpaired) electrons. The molecule has 1 aromatic carbocycles. The highest BCUT2D eigenvalue weighted by atomic mass is 35.5. The minimum absolute atomic E-state index is 0.140. The molecule has 0 unspecified atom stereocenters. The Morgan fingerprint density at radius 3 is 2.84 bits per heavy atom. The van der Waals surface area contributed by atoms with Gasteiger partial charge in [0.2, 0.25) is 5.91 Å². The number of thioether (sulfide) groups is 1. The third-order valence-electron chi connectivity index (χ3n) is 4.41. The Labute approximate surface area is 157 Å². The topological polar surface area (TPSA) is 104 Å². The molecular weight excluding hydrogens is 385 g/mol. The molecule has 25 heavy (non-hydrogen) atoms. The van der Waals surface area contributed by atoms with Crippen LogP contribution in [0, 0.1) is 0 Å². The van der Waals surface area contributed by atoms with E-state index >= 15 is 0 Å². The van der Waals surface area contributed by atoms with E-state index in [1.54, 1.807) is 17.0 Å². The number of nitrogen functional groups attached to an aromatic ring is 1. The zero-order valence-corrected chi connectivity index (χ0v) is 15.1. The first-order valence-electron chi connectivity index (χ1n) is 7.47. The molecule has 1 aromatic heterocycles. The van der Waals surface area contributed by atoms with Crippen LogP contribution in [0.1, 0.15) is 16.8 Å². The summed E-state index contributed by atoms with van der Waals surface area (Å²) >= 11 is 13.5. The molecule has 7 nitrogen and oxygen atoms in total. The molecule has 0 aliphatic carbocycles. The maximum absolute atomic E-state index is 12.7. The fraction of sp³-hybridized carbons (Fsp3) is 0.267. The van der Waals surface area contributed by atoms with Crippen molar-refractivity contribution in [3.8, 4) is 0 Å². The molecule has 4 N–H and O–H groups in total. The van der Waals surface area contributed by atoms with E-state index in [0.29, 0.717) is 34.3 Å². The second-order valence-electron chi connectivity index (χ2n) is 5.99. The highest BCUT2D eigenvalue weighted by Gasteiger charge is 2.50. The second kappa shape index (κ2) is 5.82. The number of aromatic amines is 1. The second-order valence-corrected chi connectivity index (χ2v) is 8.23. The monoisotopic (exact) mass is 397 g/mol. The number of nitrogens with zero attached hydrogens (tertiary/aromatic N) is 2. The van der Waals surface area contributed by atoms with Gasteiger partial charge in [0.25, 0.3) is 5.91 Å². The lowest BCUT2D eigenvalue weighted by atomic mass is 10.1. The third kappa shape index (κ3) is 2.65. The average Bonchev–Trinajstić information content (AvgIpc) is 3.18. The third-order valence-corrected chi connectivity index (χ3v) is 6.60. The summed E-state index contributed by atoms with van der Waals surface area (Å²) in [5.74, 6) is -0.159. The molecule has 3 heterocycles. The number of nitrogens with one attached hydrogen (secondary N) is 2. The zero-order valence-electron chi connectivity index (χ0n) is 12.8. The predicted molar refractivity (Wildman–Crippen MR) is 97.2 cm³/mol. The van der Waals surface area contributed by atoms with Crippen molar-refractivity contribution in [3.63, 3.8) is 0 Å². The molecule has 0 saturated carbocycles. The van der Waals surface area contributed by atoms with Gasteiger partial charge in [0.15, 0.2) is 0 Å². The highest BCUT2D eigenvalue weighted by molar-refractivity contribution is 8.01. The Morgan fingerprint density at radius 2 is 2.12 bits per heavy atom. The van der Waals surface area contributed by atoms with Crippen LogP contribution >= 0.6 is 35.0 Å². The quantitative estimate of drug-likeness (QED) is 0.685. The molecule has 1 saturated heterocycles. The van der Waals surface area contributed by atoms with Gasteiger partial charge in [0, 0.05) is 18.0 Å². The number of halogens is 2. The van der Waals surface area contributed by atoms with Crippen molar-refractivity contribution in [1.29, 1.82) is 0 Å². The fourth-order valence-electron chi connectivity index (χ4n) is 3.06. The van der Waals surface area contributed by atoms with E-state index in [2.05, 4.69) is 15.5 Å². The molecule has 1 fully saturated rings. The molecular formula is C15H13Cl2N5O2S. The summed E-state index contributed by atoms with van der Waals surface area (Å²) in [7, 11) is 0. The fourth-order valence-corrected chi connectivity index (χ4v) is 4.83. The van der Waals surface area contributed by atoms with Gasteiger partial charge in [-0.15, -0.1) is 11.8 Å². The van der Waals surface area contributed by atoms with Crippen molar-refractivity contribution in [2.75, 3.05) is 24.1 Å². The smallest absolute Gasteiger partial charge is 0.259 e. The first-order valence-corrected chi connectivity index (χ1v) is 9.04. The summed E-state index contributed by atoms with van der Waals surface area (Å²) in [5.41, 5.74) is 6.67. The van der Waals surface area contributed by atoms with Crippen LogP contribution < -0.4 is 11.1 Å². The van der Waals surface area contributed by atoms with Gasteiger partial charge >= 0.3 is 0 Å². The van der Waals surface area contributed by atoms with Crippen LogP contribution in [0.2, 0.25) is 10.0 Å². The standard InChI is InChI=1S/C15H13Cl2N5O2S/c16-8-3-10-11(4-9(8)17)25-15(14(24)20-10)1-2-22(6-15)13(23)7-5-19-21-12(7)18/h3-5H,1-2,6H2,(H,20,24)(H3,18,19,21)/t15-/m0/s1. The maximum atomic E-state index is 12.7. The number of anilines is 2. The number of benzene rings is 1. The van der Waals surface area contributed by atoms with Gasteiger partial charge in [0.1, 0.15) is 16.1 Å². The lowest BCUT2D eigenvalue weighted by Gasteiger charge is -2.33. The Kier molecular flexibility index (Phi) is 3.86. The number of H-pyrrole nitrogens is 1. The molecule has 2 aromatic rings. The van der Waals surface area contributed by atoms with Crippen molar-refractivity contribution in [2.24, 2.45) is 0 Å². The van der Waals surface area contributed by atoms with Crippen molar-refractivity contribution in [2.45, 2.75) is 16.1 Å².